The molecule has 1 aromatic carbocycles. The highest BCUT2D eigenvalue weighted by Gasteiger charge is 2.42. The molecule has 0 saturated carbocycles. The number of piperidine rings is 1. The molecule has 0 spiro atoms. The fourth-order valence-electron chi connectivity index (χ4n) is 2.73. The van der Waals surface area contributed by atoms with Gasteiger partial charge in [0.25, 0.3) is 0 Å². The van der Waals surface area contributed by atoms with E-state index in [4.69, 9.17) is 4.74 Å². The molecule has 1 fully saturated rings. The lowest BCUT2D eigenvalue weighted by molar-refractivity contribution is -0.156. The molecule has 1 saturated heterocycles. The SMILES string of the molecule is COC(=O)C(C)(c1ccccc1)N1CCCCC1. The van der Waals surface area contributed by atoms with Crippen molar-refractivity contribution in [2.75, 3.05) is 20.2 Å². The first-order chi connectivity index (χ1) is 8.69. The topological polar surface area (TPSA) is 29.5 Å². The maximum atomic E-state index is 12.3. The normalized spacial score (nSPS) is 20.1. The minimum atomic E-state index is -0.656. The molecule has 1 aromatic rings. The van der Waals surface area contributed by atoms with E-state index in [1.165, 1.54) is 13.5 Å². The second-order valence-electron chi connectivity index (χ2n) is 4.98. The number of benzene rings is 1. The van der Waals surface area contributed by atoms with Gasteiger partial charge in [0, 0.05) is 0 Å². The van der Waals surface area contributed by atoms with Crippen molar-refractivity contribution in [3.05, 3.63) is 35.9 Å². The van der Waals surface area contributed by atoms with Crippen molar-refractivity contribution in [1.82, 2.24) is 4.90 Å². The van der Waals surface area contributed by atoms with Gasteiger partial charge in [0.2, 0.25) is 0 Å². The van der Waals surface area contributed by atoms with Crippen LogP contribution in [-0.2, 0) is 15.1 Å². The molecule has 98 valence electrons. The van der Waals surface area contributed by atoms with Gasteiger partial charge < -0.3 is 4.74 Å². The van der Waals surface area contributed by atoms with E-state index in [0.29, 0.717) is 0 Å². The summed E-state index contributed by atoms with van der Waals surface area (Å²) in [5, 5.41) is 0. The highest BCUT2D eigenvalue weighted by atomic mass is 16.5. The Bertz CT molecular complexity index is 398. The van der Waals surface area contributed by atoms with Crippen molar-refractivity contribution >= 4 is 5.97 Å². The van der Waals surface area contributed by atoms with E-state index in [-0.39, 0.29) is 5.97 Å². The quantitative estimate of drug-likeness (QED) is 0.769. The Morgan fingerprint density at radius 2 is 1.78 bits per heavy atom. The largest absolute Gasteiger partial charge is 0.467 e. The predicted molar refractivity (Wildman–Crippen MR) is 71.2 cm³/mol. The summed E-state index contributed by atoms with van der Waals surface area (Å²) in [6.45, 7) is 3.89. The monoisotopic (exact) mass is 247 g/mol. The van der Waals surface area contributed by atoms with E-state index >= 15 is 0 Å². The third-order valence-electron chi connectivity index (χ3n) is 3.91. The Morgan fingerprint density at radius 1 is 1.17 bits per heavy atom. The molecule has 2 rings (SSSR count). The van der Waals surface area contributed by atoms with Crippen molar-refractivity contribution in [2.24, 2.45) is 0 Å². The first-order valence-corrected chi connectivity index (χ1v) is 6.58. The van der Waals surface area contributed by atoms with Crippen molar-refractivity contribution in [1.29, 1.82) is 0 Å². The maximum Gasteiger partial charge on any atom is 0.330 e. The van der Waals surface area contributed by atoms with E-state index in [9.17, 15) is 4.79 Å². The lowest BCUT2D eigenvalue weighted by Gasteiger charge is -2.41. The Labute approximate surface area is 109 Å². The van der Waals surface area contributed by atoms with Crippen LogP contribution in [0.2, 0.25) is 0 Å². The van der Waals surface area contributed by atoms with Crippen LogP contribution in [0.15, 0.2) is 30.3 Å². The van der Waals surface area contributed by atoms with E-state index in [0.717, 1.165) is 31.5 Å². The van der Waals surface area contributed by atoms with Crippen LogP contribution in [0.25, 0.3) is 0 Å². The first kappa shape index (κ1) is 13.1. The summed E-state index contributed by atoms with van der Waals surface area (Å²) in [4.78, 5) is 14.5. The van der Waals surface area contributed by atoms with Gasteiger partial charge in [-0.1, -0.05) is 36.8 Å². The summed E-state index contributed by atoms with van der Waals surface area (Å²) in [6, 6.07) is 9.93. The number of methoxy groups -OCH3 is 1. The Kier molecular flexibility index (Phi) is 4.02. The third-order valence-corrected chi connectivity index (χ3v) is 3.91. The van der Waals surface area contributed by atoms with E-state index in [2.05, 4.69) is 4.90 Å². The highest BCUT2D eigenvalue weighted by Crippen LogP contribution is 2.32. The van der Waals surface area contributed by atoms with Gasteiger partial charge in [0.15, 0.2) is 0 Å². The number of carbonyl (C=O) groups is 1. The summed E-state index contributed by atoms with van der Waals surface area (Å²) in [7, 11) is 1.47. The molecule has 0 aromatic heterocycles. The molecule has 1 atom stereocenters. The zero-order valence-corrected chi connectivity index (χ0v) is 11.2. The summed E-state index contributed by atoms with van der Waals surface area (Å²) in [5.74, 6) is -0.171. The Morgan fingerprint density at radius 3 is 2.33 bits per heavy atom. The smallest absolute Gasteiger partial charge is 0.330 e. The molecule has 3 nitrogen and oxygen atoms in total. The van der Waals surface area contributed by atoms with E-state index < -0.39 is 5.54 Å². The lowest BCUT2D eigenvalue weighted by Crippen LogP contribution is -2.52. The summed E-state index contributed by atoms with van der Waals surface area (Å²) >= 11 is 0. The molecule has 1 aliphatic heterocycles. The summed E-state index contributed by atoms with van der Waals surface area (Å²) in [5.41, 5.74) is 0.356. The van der Waals surface area contributed by atoms with Gasteiger partial charge in [0.05, 0.1) is 7.11 Å². The van der Waals surface area contributed by atoms with Crippen molar-refractivity contribution in [2.45, 2.75) is 31.7 Å². The molecule has 18 heavy (non-hydrogen) atoms. The molecule has 0 aliphatic carbocycles. The van der Waals surface area contributed by atoms with Crippen LogP contribution in [0.3, 0.4) is 0 Å². The van der Waals surface area contributed by atoms with Crippen LogP contribution in [-0.4, -0.2) is 31.1 Å². The van der Waals surface area contributed by atoms with Crippen molar-refractivity contribution in [3.63, 3.8) is 0 Å². The summed E-state index contributed by atoms with van der Waals surface area (Å²) < 4.78 is 5.04. The second-order valence-corrected chi connectivity index (χ2v) is 4.98. The highest BCUT2D eigenvalue weighted by molar-refractivity contribution is 5.82. The fourth-order valence-corrected chi connectivity index (χ4v) is 2.73. The number of ether oxygens (including phenoxy) is 1. The molecular weight excluding hydrogens is 226 g/mol. The lowest BCUT2D eigenvalue weighted by atomic mass is 9.88. The number of nitrogens with zero attached hydrogens (tertiary/aromatic N) is 1. The fraction of sp³-hybridized carbons (Fsp3) is 0.533. The van der Waals surface area contributed by atoms with E-state index in [1.807, 2.05) is 37.3 Å². The molecule has 1 aliphatic rings. The molecule has 1 unspecified atom stereocenters. The third kappa shape index (κ3) is 2.27. The van der Waals surface area contributed by atoms with Gasteiger partial charge in [-0.2, -0.15) is 0 Å². The van der Waals surface area contributed by atoms with Crippen LogP contribution in [0, 0.1) is 0 Å². The molecule has 3 heteroatoms. The average molecular weight is 247 g/mol. The number of likely N-dealkylation sites (tertiary alicyclic amines) is 1. The predicted octanol–water partition coefficient (Wildman–Crippen LogP) is 2.56. The number of rotatable bonds is 3. The standard InChI is InChI=1S/C15H21NO2/c1-15(14(17)18-2,13-9-5-3-6-10-13)16-11-7-4-8-12-16/h3,5-6,9-10H,4,7-8,11-12H2,1-2H3. The molecule has 1 heterocycles. The Balaban J connectivity index is 2.36. The molecule has 0 radical (unpaired) electrons. The van der Waals surface area contributed by atoms with Crippen LogP contribution < -0.4 is 0 Å². The zero-order chi connectivity index (χ0) is 13.0. The van der Waals surface area contributed by atoms with Gasteiger partial charge >= 0.3 is 5.97 Å². The van der Waals surface area contributed by atoms with Gasteiger partial charge in [-0.05, 0) is 38.4 Å². The minimum absolute atomic E-state index is 0.171. The number of hydrogen-bond acceptors (Lipinski definition) is 3. The van der Waals surface area contributed by atoms with Crippen molar-refractivity contribution in [3.8, 4) is 0 Å². The first-order valence-electron chi connectivity index (χ1n) is 6.58. The average Bonchev–Trinajstić information content (AvgIpc) is 2.47. The van der Waals surface area contributed by atoms with Gasteiger partial charge in [-0.25, -0.2) is 4.79 Å². The maximum absolute atomic E-state index is 12.3. The number of carbonyl (C=O) groups excluding carboxylic acids is 1. The molecule has 0 N–H and O–H groups in total. The number of hydrogen-bond donors (Lipinski definition) is 0. The van der Waals surface area contributed by atoms with Gasteiger partial charge in [0.1, 0.15) is 5.54 Å². The van der Waals surface area contributed by atoms with Crippen LogP contribution in [0.4, 0.5) is 0 Å². The summed E-state index contributed by atoms with van der Waals surface area (Å²) in [6.07, 6.45) is 3.56. The number of esters is 1. The van der Waals surface area contributed by atoms with Crippen LogP contribution in [0.5, 0.6) is 0 Å². The molecule has 0 bridgehead atoms. The minimum Gasteiger partial charge on any atom is -0.467 e. The molecule has 0 amide bonds. The van der Waals surface area contributed by atoms with Crippen LogP contribution in [0.1, 0.15) is 31.7 Å². The molecular formula is C15H21NO2. The van der Waals surface area contributed by atoms with E-state index in [1.54, 1.807) is 0 Å². The zero-order valence-electron chi connectivity index (χ0n) is 11.2. The Hall–Kier alpha value is -1.35. The van der Waals surface area contributed by atoms with Gasteiger partial charge in [-0.3, -0.25) is 4.90 Å². The van der Waals surface area contributed by atoms with Crippen LogP contribution >= 0.6 is 0 Å². The van der Waals surface area contributed by atoms with Crippen molar-refractivity contribution < 1.29 is 9.53 Å². The second kappa shape index (κ2) is 5.53. The van der Waals surface area contributed by atoms with Gasteiger partial charge in [-0.15, -0.1) is 0 Å².